The van der Waals surface area contributed by atoms with Crippen LogP contribution in [0.1, 0.15) is 46.5 Å². The first-order valence-electron chi connectivity index (χ1n) is 9.40. The molecule has 0 aromatic rings. The molecule has 2 aliphatic heterocycles. The zero-order valence-corrected chi connectivity index (χ0v) is 15.7. The molecule has 0 bridgehead atoms. The van der Waals surface area contributed by atoms with Gasteiger partial charge in [0.05, 0.1) is 6.61 Å². The van der Waals surface area contributed by atoms with Crippen LogP contribution in [0.3, 0.4) is 0 Å². The third-order valence-corrected chi connectivity index (χ3v) is 5.18. The van der Waals surface area contributed by atoms with Gasteiger partial charge in [-0.25, -0.2) is 0 Å². The number of piperidine rings is 2. The Bertz CT molecular complexity index is 259. The summed E-state index contributed by atoms with van der Waals surface area (Å²) in [7, 11) is 4.07. The predicted molar refractivity (Wildman–Crippen MR) is 95.6 cm³/mol. The van der Waals surface area contributed by atoms with E-state index in [1.165, 1.54) is 58.4 Å². The Kier molecular flexibility index (Phi) is 10.3. The Balaban J connectivity index is 0.00000116. The minimum Gasteiger partial charge on any atom is -0.383 e. The Hall–Kier alpha value is -0.160. The highest BCUT2D eigenvalue weighted by Crippen LogP contribution is 2.23. The molecule has 0 spiro atoms. The summed E-state index contributed by atoms with van der Waals surface area (Å²) in [6, 6.07) is 1.56. The molecule has 132 valence electrons. The number of hydrogen-bond donors (Lipinski definition) is 0. The van der Waals surface area contributed by atoms with Gasteiger partial charge in [0.2, 0.25) is 0 Å². The second kappa shape index (κ2) is 11.4. The van der Waals surface area contributed by atoms with Gasteiger partial charge in [0.1, 0.15) is 0 Å². The van der Waals surface area contributed by atoms with E-state index < -0.39 is 0 Å². The van der Waals surface area contributed by atoms with Gasteiger partial charge in [-0.3, -0.25) is 4.90 Å². The molecule has 0 unspecified atom stereocenters. The standard InChI is InChI=1S/C16H33N3O.C2H6/c1-4-18-11-7-16(8-12-18)19(13-14-20-3)15-5-9-17(2)10-6-15;1-2/h15-16H,4-14H2,1-3H3;1-2H3. The van der Waals surface area contributed by atoms with E-state index >= 15 is 0 Å². The summed E-state index contributed by atoms with van der Waals surface area (Å²) in [5, 5.41) is 0. The monoisotopic (exact) mass is 313 g/mol. The molecule has 0 radical (unpaired) electrons. The molecule has 0 saturated carbocycles. The van der Waals surface area contributed by atoms with Gasteiger partial charge >= 0.3 is 0 Å². The smallest absolute Gasteiger partial charge is 0.0589 e. The molecule has 0 aromatic carbocycles. The molecule has 4 nitrogen and oxygen atoms in total. The van der Waals surface area contributed by atoms with Gasteiger partial charge in [-0.15, -0.1) is 0 Å². The van der Waals surface area contributed by atoms with Gasteiger partial charge < -0.3 is 14.5 Å². The van der Waals surface area contributed by atoms with E-state index in [1.807, 2.05) is 21.0 Å². The summed E-state index contributed by atoms with van der Waals surface area (Å²) in [6.07, 6.45) is 5.33. The van der Waals surface area contributed by atoms with Crippen LogP contribution >= 0.6 is 0 Å². The average Bonchev–Trinajstić information content (AvgIpc) is 2.59. The van der Waals surface area contributed by atoms with Crippen molar-refractivity contribution < 1.29 is 4.74 Å². The molecule has 2 rings (SSSR count). The first-order chi connectivity index (χ1) is 10.7. The molecule has 0 amide bonds. The van der Waals surface area contributed by atoms with Crippen LogP contribution in [0.5, 0.6) is 0 Å². The van der Waals surface area contributed by atoms with Crippen LogP contribution < -0.4 is 0 Å². The van der Waals surface area contributed by atoms with Crippen molar-refractivity contribution in [2.24, 2.45) is 0 Å². The second-order valence-corrected chi connectivity index (χ2v) is 6.43. The quantitative estimate of drug-likeness (QED) is 0.750. The minimum atomic E-state index is 0.777. The molecule has 0 aliphatic carbocycles. The van der Waals surface area contributed by atoms with Crippen LogP contribution in [-0.2, 0) is 4.74 Å². The molecular formula is C18H39N3O. The lowest BCUT2D eigenvalue weighted by molar-refractivity contribution is 0.0271. The lowest BCUT2D eigenvalue weighted by Crippen LogP contribution is -2.52. The first-order valence-corrected chi connectivity index (χ1v) is 9.40. The van der Waals surface area contributed by atoms with Gasteiger partial charge in [-0.1, -0.05) is 20.8 Å². The summed E-state index contributed by atoms with van der Waals surface area (Å²) in [5.41, 5.74) is 0. The topological polar surface area (TPSA) is 19.0 Å². The summed E-state index contributed by atoms with van der Waals surface area (Å²) < 4.78 is 5.35. The summed E-state index contributed by atoms with van der Waals surface area (Å²) >= 11 is 0. The lowest BCUT2D eigenvalue weighted by Gasteiger charge is -2.44. The molecule has 22 heavy (non-hydrogen) atoms. The van der Waals surface area contributed by atoms with E-state index in [9.17, 15) is 0 Å². The zero-order chi connectivity index (χ0) is 16.4. The zero-order valence-electron chi connectivity index (χ0n) is 15.7. The van der Waals surface area contributed by atoms with Crippen molar-refractivity contribution in [3.8, 4) is 0 Å². The third-order valence-electron chi connectivity index (χ3n) is 5.18. The maximum absolute atomic E-state index is 5.35. The van der Waals surface area contributed by atoms with Gasteiger partial charge in [0.15, 0.2) is 0 Å². The molecular weight excluding hydrogens is 274 g/mol. The van der Waals surface area contributed by atoms with E-state index in [2.05, 4.69) is 28.7 Å². The van der Waals surface area contributed by atoms with Crippen molar-refractivity contribution in [3.05, 3.63) is 0 Å². The molecule has 2 heterocycles. The maximum Gasteiger partial charge on any atom is 0.0589 e. The lowest BCUT2D eigenvalue weighted by atomic mass is 9.96. The number of ether oxygens (including phenoxy) is 1. The first kappa shape index (κ1) is 19.9. The van der Waals surface area contributed by atoms with Crippen LogP contribution in [0.25, 0.3) is 0 Å². The van der Waals surface area contributed by atoms with E-state index in [0.717, 1.165) is 25.2 Å². The molecule has 2 aliphatic rings. The van der Waals surface area contributed by atoms with Gasteiger partial charge in [-0.05, 0) is 65.5 Å². The largest absolute Gasteiger partial charge is 0.383 e. The highest BCUT2D eigenvalue weighted by Gasteiger charge is 2.30. The van der Waals surface area contributed by atoms with Crippen molar-refractivity contribution in [3.63, 3.8) is 0 Å². The van der Waals surface area contributed by atoms with Crippen LogP contribution in [-0.4, -0.2) is 86.8 Å². The Morgan fingerprint density at radius 3 is 1.91 bits per heavy atom. The SMILES string of the molecule is CC.CCN1CCC(N(CCOC)C2CCN(C)CC2)CC1. The molecule has 0 N–H and O–H groups in total. The molecule has 2 saturated heterocycles. The van der Waals surface area contributed by atoms with Gasteiger partial charge in [0.25, 0.3) is 0 Å². The number of rotatable bonds is 6. The van der Waals surface area contributed by atoms with E-state index in [0.29, 0.717) is 0 Å². The van der Waals surface area contributed by atoms with E-state index in [-0.39, 0.29) is 0 Å². The highest BCUT2D eigenvalue weighted by molar-refractivity contribution is 4.86. The van der Waals surface area contributed by atoms with Crippen LogP contribution in [0.4, 0.5) is 0 Å². The molecule has 2 fully saturated rings. The number of nitrogens with zero attached hydrogens (tertiary/aromatic N) is 3. The van der Waals surface area contributed by atoms with Crippen LogP contribution in [0, 0.1) is 0 Å². The van der Waals surface area contributed by atoms with E-state index in [1.54, 1.807) is 0 Å². The summed E-state index contributed by atoms with van der Waals surface area (Å²) in [6.45, 7) is 14.5. The van der Waals surface area contributed by atoms with Crippen LogP contribution in [0.2, 0.25) is 0 Å². The third kappa shape index (κ3) is 6.15. The van der Waals surface area contributed by atoms with Gasteiger partial charge in [0, 0.05) is 25.7 Å². The van der Waals surface area contributed by atoms with Crippen molar-refractivity contribution >= 4 is 0 Å². The van der Waals surface area contributed by atoms with Crippen molar-refractivity contribution in [2.45, 2.75) is 58.5 Å². The molecule has 0 atom stereocenters. The number of hydrogen-bond acceptors (Lipinski definition) is 4. The number of likely N-dealkylation sites (tertiary alicyclic amines) is 2. The Labute approximate surface area is 138 Å². The number of methoxy groups -OCH3 is 1. The second-order valence-electron chi connectivity index (χ2n) is 6.43. The van der Waals surface area contributed by atoms with Crippen molar-refractivity contribution in [1.82, 2.24) is 14.7 Å². The summed E-state index contributed by atoms with van der Waals surface area (Å²) in [5.74, 6) is 0. The normalized spacial score (nSPS) is 22.6. The highest BCUT2D eigenvalue weighted by atomic mass is 16.5. The average molecular weight is 314 g/mol. The Morgan fingerprint density at radius 1 is 0.955 bits per heavy atom. The molecule has 0 aromatic heterocycles. The fourth-order valence-corrected chi connectivity index (χ4v) is 3.75. The van der Waals surface area contributed by atoms with Crippen molar-refractivity contribution in [1.29, 1.82) is 0 Å². The molecule has 4 heteroatoms. The fourth-order valence-electron chi connectivity index (χ4n) is 3.75. The fraction of sp³-hybridized carbons (Fsp3) is 1.00. The van der Waals surface area contributed by atoms with Crippen molar-refractivity contribution in [2.75, 3.05) is 60.0 Å². The van der Waals surface area contributed by atoms with Crippen LogP contribution in [0.15, 0.2) is 0 Å². The minimum absolute atomic E-state index is 0.777. The summed E-state index contributed by atoms with van der Waals surface area (Å²) in [4.78, 5) is 7.83. The Morgan fingerprint density at radius 2 is 1.45 bits per heavy atom. The van der Waals surface area contributed by atoms with E-state index in [4.69, 9.17) is 4.74 Å². The van der Waals surface area contributed by atoms with Gasteiger partial charge in [-0.2, -0.15) is 0 Å². The maximum atomic E-state index is 5.35. The predicted octanol–water partition coefficient (Wildman–Crippen LogP) is 2.54.